The summed E-state index contributed by atoms with van der Waals surface area (Å²) in [5.41, 5.74) is 1.26. The van der Waals surface area contributed by atoms with Crippen LogP contribution in [0.5, 0.6) is 5.75 Å². The van der Waals surface area contributed by atoms with Crippen LogP contribution < -0.4 is 15.4 Å². The van der Waals surface area contributed by atoms with Crippen molar-refractivity contribution in [3.05, 3.63) is 29.8 Å². The molecule has 1 aliphatic heterocycles. The van der Waals surface area contributed by atoms with Gasteiger partial charge in [0.15, 0.2) is 6.10 Å². The summed E-state index contributed by atoms with van der Waals surface area (Å²) in [7, 11) is 0. The summed E-state index contributed by atoms with van der Waals surface area (Å²) in [6.07, 6.45) is 0.482. The maximum Gasteiger partial charge on any atom is 0.407 e. The maximum atomic E-state index is 10.9. The van der Waals surface area contributed by atoms with Crippen molar-refractivity contribution in [1.82, 2.24) is 10.6 Å². The smallest absolute Gasteiger partial charge is 0.407 e. The lowest BCUT2D eigenvalue weighted by molar-refractivity contribution is 0.105. The predicted octanol–water partition coefficient (Wildman–Crippen LogP) is 2.23. The molecule has 1 fully saturated rings. The van der Waals surface area contributed by atoms with Gasteiger partial charge in [-0.2, -0.15) is 0 Å². The first-order valence-corrected chi connectivity index (χ1v) is 7.13. The number of nitrogens with one attached hydrogen (secondary N) is 2. The number of carbonyl (C=O) groups excluding carboxylic acids is 1. The van der Waals surface area contributed by atoms with Crippen LogP contribution in [0.15, 0.2) is 24.3 Å². The number of alkyl carbamates (subject to hydrolysis) is 1. The second kappa shape index (κ2) is 7.14. The summed E-state index contributed by atoms with van der Waals surface area (Å²) in [5.74, 6) is 0.794. The van der Waals surface area contributed by atoms with E-state index in [0.29, 0.717) is 19.2 Å². The Hall–Kier alpha value is -1.75. The summed E-state index contributed by atoms with van der Waals surface area (Å²) in [6.45, 7) is 6.12. The van der Waals surface area contributed by atoms with Crippen molar-refractivity contribution in [3.8, 4) is 5.75 Å². The number of rotatable bonds is 7. The van der Waals surface area contributed by atoms with Crippen molar-refractivity contribution in [2.75, 3.05) is 19.7 Å². The number of amides is 1. The standard InChI is InChI=1S/C15H22N2O3/c1-3-14(16-4-2)11-5-7-12(8-6-11)19-10-13-9-17-15(18)20-13/h5-8,13-14,16H,3-4,9-10H2,1-2H3,(H,17,18). The minimum absolute atomic E-state index is 0.202. The fraction of sp³-hybridized carbons (Fsp3) is 0.533. The molecule has 0 bridgehead atoms. The van der Waals surface area contributed by atoms with Gasteiger partial charge in [-0.15, -0.1) is 0 Å². The van der Waals surface area contributed by atoms with Crippen LogP contribution in [0.2, 0.25) is 0 Å². The molecule has 5 nitrogen and oxygen atoms in total. The lowest BCUT2D eigenvalue weighted by Gasteiger charge is -2.17. The Bertz CT molecular complexity index is 433. The molecule has 1 heterocycles. The highest BCUT2D eigenvalue weighted by atomic mass is 16.6. The minimum Gasteiger partial charge on any atom is -0.490 e. The first-order valence-electron chi connectivity index (χ1n) is 7.13. The molecule has 20 heavy (non-hydrogen) atoms. The summed E-state index contributed by atoms with van der Waals surface area (Å²) < 4.78 is 10.6. The van der Waals surface area contributed by atoms with E-state index in [9.17, 15) is 4.79 Å². The zero-order valence-corrected chi connectivity index (χ0v) is 12.0. The molecular weight excluding hydrogens is 256 g/mol. The van der Waals surface area contributed by atoms with Gasteiger partial charge in [-0.3, -0.25) is 0 Å². The predicted molar refractivity (Wildman–Crippen MR) is 76.9 cm³/mol. The normalized spacial score (nSPS) is 19.3. The van der Waals surface area contributed by atoms with Crippen molar-refractivity contribution >= 4 is 6.09 Å². The molecule has 1 aromatic carbocycles. The van der Waals surface area contributed by atoms with E-state index in [-0.39, 0.29) is 12.2 Å². The van der Waals surface area contributed by atoms with Crippen LogP contribution >= 0.6 is 0 Å². The van der Waals surface area contributed by atoms with Gasteiger partial charge in [-0.1, -0.05) is 26.0 Å². The Balaban J connectivity index is 1.86. The molecule has 1 amide bonds. The molecule has 5 heteroatoms. The Labute approximate surface area is 119 Å². The largest absolute Gasteiger partial charge is 0.490 e. The molecule has 2 unspecified atom stereocenters. The van der Waals surface area contributed by atoms with E-state index < -0.39 is 0 Å². The molecule has 2 rings (SSSR count). The molecule has 0 aromatic heterocycles. The van der Waals surface area contributed by atoms with Gasteiger partial charge in [0, 0.05) is 6.04 Å². The Morgan fingerprint density at radius 1 is 1.40 bits per heavy atom. The topological polar surface area (TPSA) is 59.6 Å². The second-order valence-corrected chi connectivity index (χ2v) is 4.81. The molecule has 0 aliphatic carbocycles. The molecule has 1 saturated heterocycles. The van der Waals surface area contributed by atoms with Crippen LogP contribution in [0.3, 0.4) is 0 Å². The number of carbonyl (C=O) groups is 1. The van der Waals surface area contributed by atoms with Gasteiger partial charge in [-0.05, 0) is 30.7 Å². The number of cyclic esters (lactones) is 1. The first-order chi connectivity index (χ1) is 9.72. The van der Waals surface area contributed by atoms with E-state index >= 15 is 0 Å². The van der Waals surface area contributed by atoms with Crippen LogP contribution in [0, 0.1) is 0 Å². The summed E-state index contributed by atoms with van der Waals surface area (Å²) in [6, 6.07) is 8.45. The Kier molecular flexibility index (Phi) is 5.24. The van der Waals surface area contributed by atoms with Gasteiger partial charge < -0.3 is 20.1 Å². The van der Waals surface area contributed by atoms with Crippen molar-refractivity contribution in [1.29, 1.82) is 0 Å². The number of ether oxygens (including phenoxy) is 2. The second-order valence-electron chi connectivity index (χ2n) is 4.81. The third kappa shape index (κ3) is 3.87. The SMILES string of the molecule is CCNC(CC)c1ccc(OCC2CNC(=O)O2)cc1. The van der Waals surface area contributed by atoms with E-state index in [2.05, 4.69) is 36.6 Å². The van der Waals surface area contributed by atoms with E-state index in [4.69, 9.17) is 9.47 Å². The van der Waals surface area contributed by atoms with Gasteiger partial charge in [0.1, 0.15) is 12.4 Å². The highest BCUT2D eigenvalue weighted by Crippen LogP contribution is 2.20. The zero-order chi connectivity index (χ0) is 14.4. The lowest BCUT2D eigenvalue weighted by Crippen LogP contribution is -2.22. The molecule has 2 atom stereocenters. The Morgan fingerprint density at radius 2 is 2.15 bits per heavy atom. The van der Waals surface area contributed by atoms with E-state index in [1.165, 1.54) is 5.56 Å². The van der Waals surface area contributed by atoms with Gasteiger partial charge in [0.25, 0.3) is 0 Å². The average Bonchev–Trinajstić information content (AvgIpc) is 2.89. The van der Waals surface area contributed by atoms with Crippen LogP contribution in [0.4, 0.5) is 4.79 Å². The molecule has 0 radical (unpaired) electrons. The molecule has 2 N–H and O–H groups in total. The Morgan fingerprint density at radius 3 is 2.70 bits per heavy atom. The summed E-state index contributed by atoms with van der Waals surface area (Å²) >= 11 is 0. The van der Waals surface area contributed by atoms with Crippen molar-refractivity contribution in [3.63, 3.8) is 0 Å². The van der Waals surface area contributed by atoms with Crippen molar-refractivity contribution in [2.45, 2.75) is 32.4 Å². The molecule has 0 saturated carbocycles. The zero-order valence-electron chi connectivity index (χ0n) is 12.0. The van der Waals surface area contributed by atoms with Gasteiger partial charge in [-0.25, -0.2) is 4.79 Å². The quantitative estimate of drug-likeness (QED) is 0.803. The van der Waals surface area contributed by atoms with Crippen LogP contribution in [0.25, 0.3) is 0 Å². The van der Waals surface area contributed by atoms with E-state index in [1.54, 1.807) is 0 Å². The summed E-state index contributed by atoms with van der Waals surface area (Å²) in [4.78, 5) is 10.9. The fourth-order valence-corrected chi connectivity index (χ4v) is 2.25. The van der Waals surface area contributed by atoms with Gasteiger partial charge >= 0.3 is 6.09 Å². The highest BCUT2D eigenvalue weighted by molar-refractivity contribution is 5.69. The number of hydrogen-bond acceptors (Lipinski definition) is 4. The van der Waals surface area contributed by atoms with E-state index in [0.717, 1.165) is 18.7 Å². The molecular formula is C15H22N2O3. The van der Waals surface area contributed by atoms with Crippen molar-refractivity contribution in [2.24, 2.45) is 0 Å². The van der Waals surface area contributed by atoms with Crippen molar-refractivity contribution < 1.29 is 14.3 Å². The summed E-state index contributed by atoms with van der Waals surface area (Å²) in [5, 5.41) is 6.05. The fourth-order valence-electron chi connectivity index (χ4n) is 2.25. The lowest BCUT2D eigenvalue weighted by atomic mass is 10.0. The number of benzene rings is 1. The van der Waals surface area contributed by atoms with E-state index in [1.807, 2.05) is 12.1 Å². The minimum atomic E-state index is -0.370. The van der Waals surface area contributed by atoms with Gasteiger partial charge in [0.2, 0.25) is 0 Å². The molecule has 110 valence electrons. The van der Waals surface area contributed by atoms with Crippen LogP contribution in [0.1, 0.15) is 31.9 Å². The molecule has 1 aliphatic rings. The number of hydrogen-bond donors (Lipinski definition) is 2. The van der Waals surface area contributed by atoms with Crippen LogP contribution in [-0.2, 0) is 4.74 Å². The van der Waals surface area contributed by atoms with Crippen LogP contribution in [-0.4, -0.2) is 31.9 Å². The first kappa shape index (κ1) is 14.7. The highest BCUT2D eigenvalue weighted by Gasteiger charge is 2.22. The monoisotopic (exact) mass is 278 g/mol. The van der Waals surface area contributed by atoms with Gasteiger partial charge in [0.05, 0.1) is 6.54 Å². The third-order valence-corrected chi connectivity index (χ3v) is 3.32. The third-order valence-electron chi connectivity index (χ3n) is 3.32. The average molecular weight is 278 g/mol. The molecule has 1 aromatic rings. The molecule has 0 spiro atoms. The maximum absolute atomic E-state index is 10.9.